The standard InChI is InChI=1S/C24H42N6O3S/c1-14-10-16(15-6-4-5-7-20(15)33-3)17(11-25-14)22(31)28-24-27-18-12-30(13-21(18)34-24)23(32)19-8-9-26-29(19)2/h14-21,24-27H,4-13H2,1-3H3,(H,28,31). The molecule has 4 aliphatic heterocycles. The molecule has 10 heteroatoms. The molecule has 4 N–H and O–H groups in total. The molecule has 9 nitrogen and oxygen atoms in total. The van der Waals surface area contributed by atoms with E-state index in [4.69, 9.17) is 4.74 Å². The largest absolute Gasteiger partial charge is 0.381 e. The van der Waals surface area contributed by atoms with Crippen LogP contribution in [0.1, 0.15) is 45.4 Å². The summed E-state index contributed by atoms with van der Waals surface area (Å²) in [5.41, 5.74) is 3.14. The van der Waals surface area contributed by atoms with Gasteiger partial charge in [-0.15, -0.1) is 11.8 Å². The summed E-state index contributed by atoms with van der Waals surface area (Å²) in [7, 11) is 3.77. The van der Waals surface area contributed by atoms with Gasteiger partial charge in [0.25, 0.3) is 0 Å². The van der Waals surface area contributed by atoms with Crippen molar-refractivity contribution in [1.82, 2.24) is 31.3 Å². The summed E-state index contributed by atoms with van der Waals surface area (Å²) >= 11 is 1.77. The lowest BCUT2D eigenvalue weighted by Crippen LogP contribution is -2.55. The quantitative estimate of drug-likeness (QED) is 0.434. The number of carbonyl (C=O) groups excluding carboxylic acids is 2. The fourth-order valence-electron chi connectivity index (χ4n) is 6.96. The third-order valence-electron chi connectivity index (χ3n) is 8.83. The number of likely N-dealkylation sites (N-methyl/N-ethyl adjacent to an activating group) is 1. The summed E-state index contributed by atoms with van der Waals surface area (Å²) in [5.74, 6) is 1.17. The van der Waals surface area contributed by atoms with Crippen molar-refractivity contribution in [2.24, 2.45) is 17.8 Å². The summed E-state index contributed by atoms with van der Waals surface area (Å²) < 4.78 is 5.87. The second-order valence-corrected chi connectivity index (χ2v) is 12.3. The fourth-order valence-corrected chi connectivity index (χ4v) is 8.36. The SMILES string of the molecule is COC1CCCCC1C1CC(C)NCC1C(=O)NC1NC2CN(C(=O)C3CCNN3C)CC2S1. The Morgan fingerprint density at radius 3 is 2.68 bits per heavy atom. The van der Waals surface area contributed by atoms with Gasteiger partial charge in [0.05, 0.1) is 12.0 Å². The van der Waals surface area contributed by atoms with Crippen molar-refractivity contribution in [3.8, 4) is 0 Å². The van der Waals surface area contributed by atoms with E-state index in [-0.39, 0.29) is 41.4 Å². The van der Waals surface area contributed by atoms with Crippen LogP contribution in [0.3, 0.4) is 0 Å². The maximum Gasteiger partial charge on any atom is 0.241 e. The maximum atomic E-state index is 13.5. The number of nitrogens with zero attached hydrogens (tertiary/aromatic N) is 2. The van der Waals surface area contributed by atoms with E-state index in [2.05, 4.69) is 28.3 Å². The smallest absolute Gasteiger partial charge is 0.241 e. The third kappa shape index (κ3) is 4.99. The van der Waals surface area contributed by atoms with Gasteiger partial charge in [0, 0.05) is 57.7 Å². The van der Waals surface area contributed by atoms with Gasteiger partial charge in [-0.1, -0.05) is 12.8 Å². The lowest BCUT2D eigenvalue weighted by atomic mass is 9.68. The Balaban J connectivity index is 1.16. The number of thioether (sulfide) groups is 1. The molecule has 0 spiro atoms. The van der Waals surface area contributed by atoms with Crippen molar-refractivity contribution >= 4 is 23.6 Å². The number of fused-ring (bicyclic) bond motifs is 1. The summed E-state index contributed by atoms with van der Waals surface area (Å²) in [6, 6.07) is 0.605. The van der Waals surface area contributed by atoms with Crippen LogP contribution in [0.25, 0.3) is 0 Å². The number of hydrogen-bond donors (Lipinski definition) is 4. The molecule has 5 rings (SSSR count). The van der Waals surface area contributed by atoms with Gasteiger partial charge in [0.2, 0.25) is 11.8 Å². The Morgan fingerprint density at radius 2 is 1.94 bits per heavy atom. The van der Waals surface area contributed by atoms with Gasteiger partial charge in [-0.05, 0) is 44.4 Å². The van der Waals surface area contributed by atoms with Crippen molar-refractivity contribution in [3.05, 3.63) is 0 Å². The van der Waals surface area contributed by atoms with Crippen LogP contribution in [0.5, 0.6) is 0 Å². The predicted molar refractivity (Wildman–Crippen MR) is 133 cm³/mol. The van der Waals surface area contributed by atoms with Gasteiger partial charge in [0.15, 0.2) is 0 Å². The fraction of sp³-hybridized carbons (Fsp3) is 0.917. The molecule has 1 aliphatic carbocycles. The first kappa shape index (κ1) is 24.8. The minimum absolute atomic E-state index is 0.0247. The predicted octanol–water partition coefficient (Wildman–Crippen LogP) is 0.330. The number of rotatable bonds is 5. The first-order valence-electron chi connectivity index (χ1n) is 13.2. The Kier molecular flexibility index (Phi) is 7.72. The van der Waals surface area contributed by atoms with Gasteiger partial charge in [-0.25, -0.2) is 5.01 Å². The number of ether oxygens (including phenoxy) is 1. The molecule has 0 radical (unpaired) electrons. The molecular formula is C24H42N6O3S. The Labute approximate surface area is 207 Å². The minimum Gasteiger partial charge on any atom is -0.381 e. The third-order valence-corrected chi connectivity index (χ3v) is 10.2. The molecule has 34 heavy (non-hydrogen) atoms. The lowest BCUT2D eigenvalue weighted by Gasteiger charge is -2.44. The number of likely N-dealkylation sites (tertiary alicyclic amines) is 1. The van der Waals surface area contributed by atoms with E-state index < -0.39 is 0 Å². The number of carbonyl (C=O) groups is 2. The average molecular weight is 495 g/mol. The number of hydrogen-bond acceptors (Lipinski definition) is 8. The summed E-state index contributed by atoms with van der Waals surface area (Å²) in [5, 5.41) is 12.7. The number of hydrazine groups is 1. The number of methoxy groups -OCH3 is 1. The van der Waals surface area contributed by atoms with Crippen molar-refractivity contribution in [3.63, 3.8) is 0 Å². The number of amides is 2. The van der Waals surface area contributed by atoms with E-state index in [0.29, 0.717) is 23.1 Å². The van der Waals surface area contributed by atoms with Crippen LogP contribution in [-0.2, 0) is 14.3 Å². The molecule has 0 aromatic carbocycles. The minimum atomic E-state index is -0.0832. The molecule has 0 bridgehead atoms. The Morgan fingerprint density at radius 1 is 1.12 bits per heavy atom. The molecule has 1 saturated carbocycles. The molecule has 192 valence electrons. The monoisotopic (exact) mass is 494 g/mol. The normalized spacial score (nSPS) is 43.1. The van der Waals surface area contributed by atoms with Gasteiger partial charge >= 0.3 is 0 Å². The van der Waals surface area contributed by atoms with Crippen LogP contribution in [0.2, 0.25) is 0 Å². The van der Waals surface area contributed by atoms with Crippen LogP contribution in [0, 0.1) is 17.8 Å². The van der Waals surface area contributed by atoms with Gasteiger partial charge < -0.3 is 20.3 Å². The van der Waals surface area contributed by atoms with Crippen LogP contribution >= 0.6 is 11.8 Å². The van der Waals surface area contributed by atoms with Crippen molar-refractivity contribution in [2.45, 2.75) is 80.4 Å². The summed E-state index contributed by atoms with van der Waals surface area (Å²) in [6.45, 7) is 5.29. The highest BCUT2D eigenvalue weighted by molar-refractivity contribution is 8.00. The van der Waals surface area contributed by atoms with Crippen molar-refractivity contribution in [2.75, 3.05) is 40.3 Å². The average Bonchev–Trinajstić information content (AvgIpc) is 3.53. The molecule has 2 amide bonds. The summed E-state index contributed by atoms with van der Waals surface area (Å²) in [6.07, 6.45) is 6.90. The van der Waals surface area contributed by atoms with Gasteiger partial charge in [-0.2, -0.15) is 0 Å². The lowest BCUT2D eigenvalue weighted by molar-refractivity contribution is -0.135. The first-order chi connectivity index (χ1) is 16.4. The van der Waals surface area contributed by atoms with E-state index >= 15 is 0 Å². The Bertz CT molecular complexity index is 744. The van der Waals surface area contributed by atoms with Crippen molar-refractivity contribution in [1.29, 1.82) is 0 Å². The Hall–Kier alpha value is -0.910. The molecule has 9 unspecified atom stereocenters. The van der Waals surface area contributed by atoms with Crippen LogP contribution in [-0.4, -0.2) is 97.0 Å². The molecule has 0 aromatic rings. The molecule has 0 aromatic heterocycles. The van der Waals surface area contributed by atoms with Crippen molar-refractivity contribution < 1.29 is 14.3 Å². The highest BCUT2D eigenvalue weighted by Crippen LogP contribution is 2.40. The van der Waals surface area contributed by atoms with Gasteiger partial charge in [0.1, 0.15) is 11.5 Å². The van der Waals surface area contributed by atoms with Crippen LogP contribution < -0.4 is 21.4 Å². The second kappa shape index (κ2) is 10.6. The van der Waals surface area contributed by atoms with Gasteiger partial charge in [-0.3, -0.25) is 20.3 Å². The molecule has 9 atom stereocenters. The van der Waals surface area contributed by atoms with E-state index in [0.717, 1.165) is 51.9 Å². The van der Waals surface area contributed by atoms with E-state index in [1.807, 2.05) is 24.1 Å². The second-order valence-electron chi connectivity index (χ2n) is 10.9. The van der Waals surface area contributed by atoms with Crippen LogP contribution in [0.15, 0.2) is 0 Å². The zero-order chi connectivity index (χ0) is 23.8. The number of nitrogens with one attached hydrogen (secondary N) is 4. The molecular weight excluding hydrogens is 452 g/mol. The highest BCUT2D eigenvalue weighted by atomic mass is 32.2. The maximum absolute atomic E-state index is 13.5. The molecule has 4 heterocycles. The van der Waals surface area contributed by atoms with E-state index in [9.17, 15) is 9.59 Å². The zero-order valence-corrected chi connectivity index (χ0v) is 21.6. The first-order valence-corrected chi connectivity index (χ1v) is 14.1. The van der Waals surface area contributed by atoms with E-state index in [1.54, 1.807) is 11.8 Å². The molecule has 4 saturated heterocycles. The topological polar surface area (TPSA) is 98.0 Å². The molecule has 5 fully saturated rings. The highest BCUT2D eigenvalue weighted by Gasteiger charge is 2.47. The molecule has 5 aliphatic rings. The van der Waals surface area contributed by atoms with E-state index in [1.165, 1.54) is 12.8 Å². The summed E-state index contributed by atoms with van der Waals surface area (Å²) in [4.78, 5) is 28.4. The number of piperidine rings is 1. The zero-order valence-electron chi connectivity index (χ0n) is 20.8. The van der Waals surface area contributed by atoms with Crippen LogP contribution in [0.4, 0.5) is 0 Å².